The van der Waals surface area contributed by atoms with Crippen molar-refractivity contribution in [1.29, 1.82) is 0 Å². The van der Waals surface area contributed by atoms with Crippen LogP contribution in [0.15, 0.2) is 18.2 Å². The molecule has 0 fully saturated rings. The summed E-state index contributed by atoms with van der Waals surface area (Å²) in [7, 11) is -0.207. The third kappa shape index (κ3) is 3.75. The van der Waals surface area contributed by atoms with E-state index in [4.69, 9.17) is 21.1 Å². The van der Waals surface area contributed by atoms with Crippen LogP contribution in [0.1, 0.15) is 6.92 Å². The van der Waals surface area contributed by atoms with E-state index in [0.717, 1.165) is 5.19 Å². The molecule has 0 bridgehead atoms. The highest BCUT2D eigenvalue weighted by Crippen LogP contribution is 2.23. The molecule has 5 heteroatoms. The van der Waals surface area contributed by atoms with Gasteiger partial charge in [-0.1, -0.05) is 35.9 Å². The molecule has 0 heterocycles. The van der Waals surface area contributed by atoms with Crippen LogP contribution < -0.4 is 9.92 Å². The predicted molar refractivity (Wildman–Crippen MR) is 71.8 cm³/mol. The van der Waals surface area contributed by atoms with Gasteiger partial charge in [0.1, 0.15) is 13.8 Å². The molecule has 17 heavy (non-hydrogen) atoms. The van der Waals surface area contributed by atoms with Gasteiger partial charge in [-0.2, -0.15) is 0 Å². The zero-order valence-corrected chi connectivity index (χ0v) is 12.3. The molecule has 0 amide bonds. The Hall–Kier alpha value is -1.00. The van der Waals surface area contributed by atoms with Gasteiger partial charge in [0, 0.05) is 6.92 Å². The van der Waals surface area contributed by atoms with Gasteiger partial charge in [0.05, 0.1) is 18.4 Å². The van der Waals surface area contributed by atoms with Gasteiger partial charge in [0.25, 0.3) is 0 Å². The molecule has 0 aliphatic heterocycles. The third-order valence-electron chi connectivity index (χ3n) is 2.57. The van der Waals surface area contributed by atoms with Gasteiger partial charge in [0.2, 0.25) is 0 Å². The Balaban J connectivity index is 2.90. The summed E-state index contributed by atoms with van der Waals surface area (Å²) in [5.74, 6) is 0.415. The number of esters is 1. The monoisotopic (exact) mass is 272 g/mol. The smallest absolute Gasteiger partial charge is 0.302 e. The van der Waals surface area contributed by atoms with Crippen LogP contribution in [-0.2, 0) is 9.53 Å². The number of carbonyl (C=O) groups excluding carboxylic acids is 1. The Morgan fingerprint density at radius 2 is 2.06 bits per heavy atom. The number of hydrogen-bond acceptors (Lipinski definition) is 3. The highest BCUT2D eigenvalue weighted by molar-refractivity contribution is 6.89. The van der Waals surface area contributed by atoms with Crippen molar-refractivity contribution in [2.24, 2.45) is 0 Å². The van der Waals surface area contributed by atoms with Gasteiger partial charge in [-0.25, -0.2) is 0 Å². The van der Waals surface area contributed by atoms with E-state index in [1.54, 1.807) is 7.11 Å². The Bertz CT molecular complexity index is 418. The van der Waals surface area contributed by atoms with Crippen LogP contribution >= 0.6 is 11.6 Å². The van der Waals surface area contributed by atoms with E-state index in [9.17, 15) is 4.79 Å². The van der Waals surface area contributed by atoms with Crippen molar-refractivity contribution in [3.8, 4) is 5.75 Å². The Morgan fingerprint density at radius 3 is 2.53 bits per heavy atom. The summed E-state index contributed by atoms with van der Waals surface area (Å²) in [6.45, 7) is 5.69. The van der Waals surface area contributed by atoms with Crippen LogP contribution in [0.25, 0.3) is 0 Å². The molecule has 0 N–H and O–H groups in total. The molecule has 0 spiro atoms. The molecule has 0 saturated carbocycles. The fourth-order valence-electron chi connectivity index (χ4n) is 1.45. The number of hydrogen-bond donors (Lipinski definition) is 0. The molecule has 1 aromatic rings. The standard InChI is InChI=1S/C12H17ClO3Si/c1-9(14)16-8-17(3,4)10-5-6-12(15-2)11(13)7-10/h5-7H,8H2,1-4H3. The van der Waals surface area contributed by atoms with Gasteiger partial charge in [-0.15, -0.1) is 0 Å². The lowest BCUT2D eigenvalue weighted by molar-refractivity contribution is -0.139. The first kappa shape index (κ1) is 14.1. The molecule has 0 radical (unpaired) electrons. The van der Waals surface area contributed by atoms with Crippen molar-refractivity contribution in [2.75, 3.05) is 13.3 Å². The van der Waals surface area contributed by atoms with Crippen LogP contribution in [0.3, 0.4) is 0 Å². The average Bonchev–Trinajstić information content (AvgIpc) is 2.26. The van der Waals surface area contributed by atoms with Crippen LogP contribution in [0.4, 0.5) is 0 Å². The van der Waals surface area contributed by atoms with E-state index in [-0.39, 0.29) is 5.97 Å². The van der Waals surface area contributed by atoms with Crippen molar-refractivity contribution in [2.45, 2.75) is 20.0 Å². The van der Waals surface area contributed by atoms with E-state index in [2.05, 4.69) is 13.1 Å². The lowest BCUT2D eigenvalue weighted by atomic mass is 10.3. The Kier molecular flexibility index (Phi) is 4.59. The van der Waals surface area contributed by atoms with Crippen LogP contribution in [0.2, 0.25) is 18.1 Å². The molecule has 3 nitrogen and oxygen atoms in total. The number of carbonyl (C=O) groups is 1. The zero-order chi connectivity index (χ0) is 13.1. The summed E-state index contributed by atoms with van der Waals surface area (Å²) in [6.07, 6.45) is 0.463. The first-order valence-electron chi connectivity index (χ1n) is 5.34. The molecule has 94 valence electrons. The number of rotatable bonds is 4. The van der Waals surface area contributed by atoms with E-state index in [1.165, 1.54) is 6.92 Å². The fourth-order valence-corrected chi connectivity index (χ4v) is 3.60. The molecule has 1 aromatic carbocycles. The SMILES string of the molecule is COc1ccc([Si](C)(C)COC(C)=O)cc1Cl. The first-order chi connectivity index (χ1) is 7.86. The summed E-state index contributed by atoms with van der Waals surface area (Å²) in [5, 5.41) is 1.73. The Labute approximate surface area is 108 Å². The van der Waals surface area contributed by atoms with Gasteiger partial charge in [-0.05, 0) is 12.1 Å². The van der Waals surface area contributed by atoms with E-state index >= 15 is 0 Å². The van der Waals surface area contributed by atoms with Crippen molar-refractivity contribution in [3.05, 3.63) is 23.2 Å². The first-order valence-corrected chi connectivity index (χ1v) is 8.92. The maximum absolute atomic E-state index is 10.8. The summed E-state index contributed by atoms with van der Waals surface area (Å²) >= 11 is 6.09. The van der Waals surface area contributed by atoms with Gasteiger partial charge in [0.15, 0.2) is 0 Å². The van der Waals surface area contributed by atoms with Crippen molar-refractivity contribution in [1.82, 2.24) is 0 Å². The summed E-state index contributed by atoms with van der Waals surface area (Å²) in [5.41, 5.74) is 0. The minimum atomic E-state index is -1.79. The number of methoxy groups -OCH3 is 1. The summed E-state index contributed by atoms with van der Waals surface area (Å²) < 4.78 is 10.2. The second-order valence-electron chi connectivity index (χ2n) is 4.51. The summed E-state index contributed by atoms with van der Waals surface area (Å²) in [6, 6.07) is 5.73. The Morgan fingerprint density at radius 1 is 1.41 bits per heavy atom. The van der Waals surface area contributed by atoms with E-state index in [0.29, 0.717) is 17.0 Å². The molecule has 1 rings (SSSR count). The van der Waals surface area contributed by atoms with Crippen LogP contribution in [0, 0.1) is 0 Å². The minimum Gasteiger partial charge on any atom is -0.495 e. The average molecular weight is 273 g/mol. The van der Waals surface area contributed by atoms with Crippen LogP contribution in [0.5, 0.6) is 5.75 Å². The van der Waals surface area contributed by atoms with Crippen molar-refractivity contribution in [3.63, 3.8) is 0 Å². The largest absolute Gasteiger partial charge is 0.495 e. The normalized spacial score (nSPS) is 11.1. The second-order valence-corrected chi connectivity index (χ2v) is 9.55. The molecule has 0 unspecified atom stereocenters. The van der Waals surface area contributed by atoms with Gasteiger partial charge < -0.3 is 9.47 Å². The molecule has 0 saturated heterocycles. The van der Waals surface area contributed by atoms with E-state index in [1.807, 2.05) is 18.2 Å². The molecular weight excluding hydrogens is 256 g/mol. The minimum absolute atomic E-state index is 0.245. The van der Waals surface area contributed by atoms with Crippen molar-refractivity contribution < 1.29 is 14.3 Å². The maximum atomic E-state index is 10.8. The highest BCUT2D eigenvalue weighted by atomic mass is 35.5. The maximum Gasteiger partial charge on any atom is 0.302 e. The highest BCUT2D eigenvalue weighted by Gasteiger charge is 2.26. The van der Waals surface area contributed by atoms with Gasteiger partial charge in [-0.3, -0.25) is 4.79 Å². The molecule has 0 aliphatic carbocycles. The lowest BCUT2D eigenvalue weighted by Crippen LogP contribution is -2.46. The topological polar surface area (TPSA) is 35.5 Å². The quantitative estimate of drug-likeness (QED) is 0.624. The zero-order valence-electron chi connectivity index (χ0n) is 10.5. The van der Waals surface area contributed by atoms with Crippen LogP contribution in [-0.4, -0.2) is 27.4 Å². The number of benzene rings is 1. The summed E-state index contributed by atoms with van der Waals surface area (Å²) in [4.78, 5) is 10.8. The molecule has 0 aliphatic rings. The molecular formula is C12H17ClO3Si. The fraction of sp³-hybridized carbons (Fsp3) is 0.417. The van der Waals surface area contributed by atoms with Crippen molar-refractivity contribution >= 4 is 30.8 Å². The molecule has 0 aromatic heterocycles. The third-order valence-corrected chi connectivity index (χ3v) is 5.60. The predicted octanol–water partition coefficient (Wildman–Crippen LogP) is 2.37. The van der Waals surface area contributed by atoms with E-state index < -0.39 is 8.07 Å². The molecule has 0 atom stereocenters. The lowest BCUT2D eigenvalue weighted by Gasteiger charge is -2.22. The second kappa shape index (κ2) is 5.56. The van der Waals surface area contributed by atoms with Gasteiger partial charge >= 0.3 is 5.97 Å². The number of halogens is 1. The number of ether oxygens (including phenoxy) is 2.